The highest BCUT2D eigenvalue weighted by Crippen LogP contribution is 2.40. The van der Waals surface area contributed by atoms with E-state index in [0.29, 0.717) is 12.5 Å². The molecule has 1 aromatic carbocycles. The number of unbranched alkanes of at least 4 members (excludes halogenated alkanes) is 1. The minimum atomic E-state index is -4.35. The van der Waals surface area contributed by atoms with Crippen LogP contribution in [0.15, 0.2) is 24.3 Å². The van der Waals surface area contributed by atoms with Crippen molar-refractivity contribution in [1.29, 1.82) is 0 Å². The molecule has 0 amide bonds. The molecule has 1 fully saturated rings. The average molecular weight is 500 g/mol. The molecule has 1 aliphatic rings. The second kappa shape index (κ2) is 12.5. The summed E-state index contributed by atoms with van der Waals surface area (Å²) in [6, 6.07) is 8.41. The van der Waals surface area contributed by atoms with E-state index in [2.05, 4.69) is 31.1 Å². The molecule has 3 nitrogen and oxygen atoms in total. The van der Waals surface area contributed by atoms with Crippen molar-refractivity contribution >= 4 is 23.6 Å². The number of aliphatic carboxylic acids is 1. The summed E-state index contributed by atoms with van der Waals surface area (Å²) in [4.78, 5) is 13.8. The fourth-order valence-electron chi connectivity index (χ4n) is 4.97. The SMILES string of the molecule is C[Si]CC[C@@H](CCCC[Si](C)(C)C)N1CC[C@@H](CC(=O)O)C[C@H]1c1ccc(C(F)(F)F)cc1. The number of carboxylic acid groups (broad SMARTS) is 1. The van der Waals surface area contributed by atoms with Gasteiger partial charge in [-0.05, 0) is 55.8 Å². The molecule has 0 aliphatic carbocycles. The maximum atomic E-state index is 13.1. The predicted octanol–water partition coefficient (Wildman–Crippen LogP) is 7.37. The number of benzene rings is 1. The van der Waals surface area contributed by atoms with Gasteiger partial charge in [-0.15, -0.1) is 0 Å². The predicted molar refractivity (Wildman–Crippen MR) is 133 cm³/mol. The van der Waals surface area contributed by atoms with Gasteiger partial charge in [0, 0.05) is 36.1 Å². The summed E-state index contributed by atoms with van der Waals surface area (Å²) >= 11 is 0. The summed E-state index contributed by atoms with van der Waals surface area (Å²) in [5.74, 6) is -0.735. The Morgan fingerprint density at radius 3 is 2.39 bits per heavy atom. The minimum Gasteiger partial charge on any atom is -0.481 e. The summed E-state index contributed by atoms with van der Waals surface area (Å²) in [5, 5.41) is 9.31. The summed E-state index contributed by atoms with van der Waals surface area (Å²) in [6.45, 7) is 10.2. The number of hydrogen-bond acceptors (Lipinski definition) is 2. The molecule has 33 heavy (non-hydrogen) atoms. The van der Waals surface area contributed by atoms with E-state index in [1.807, 2.05) is 0 Å². The van der Waals surface area contributed by atoms with Crippen molar-refractivity contribution in [3.05, 3.63) is 35.4 Å². The molecule has 0 aromatic heterocycles. The van der Waals surface area contributed by atoms with E-state index < -0.39 is 25.8 Å². The molecule has 2 radical (unpaired) electrons. The van der Waals surface area contributed by atoms with Crippen molar-refractivity contribution in [3.63, 3.8) is 0 Å². The second-order valence-electron chi connectivity index (χ2n) is 10.7. The van der Waals surface area contributed by atoms with Crippen molar-refractivity contribution in [1.82, 2.24) is 4.90 Å². The van der Waals surface area contributed by atoms with Crippen LogP contribution < -0.4 is 0 Å². The Balaban J connectivity index is 2.22. The molecule has 3 atom stereocenters. The van der Waals surface area contributed by atoms with Crippen molar-refractivity contribution in [3.8, 4) is 0 Å². The molecule has 186 valence electrons. The normalized spacial score (nSPS) is 21.2. The molecular formula is C25H40F3NO2Si2. The van der Waals surface area contributed by atoms with Crippen LogP contribution in [0.1, 0.15) is 62.1 Å². The van der Waals surface area contributed by atoms with Crippen LogP contribution in [0, 0.1) is 5.92 Å². The Kier molecular flexibility index (Phi) is 10.7. The molecule has 0 saturated carbocycles. The molecule has 1 heterocycles. The third-order valence-corrected chi connectivity index (χ3v) is 9.39. The molecule has 2 rings (SSSR count). The lowest BCUT2D eigenvalue weighted by atomic mass is 9.83. The molecule has 8 heteroatoms. The zero-order valence-corrected chi connectivity index (χ0v) is 22.5. The third-order valence-electron chi connectivity index (χ3n) is 6.75. The fourth-order valence-corrected chi connectivity index (χ4v) is 6.90. The maximum absolute atomic E-state index is 13.1. The summed E-state index contributed by atoms with van der Waals surface area (Å²) < 4.78 is 39.3. The monoisotopic (exact) mass is 499 g/mol. The topological polar surface area (TPSA) is 40.5 Å². The van der Waals surface area contributed by atoms with Crippen molar-refractivity contribution in [2.45, 2.75) is 101 Å². The Labute approximate surface area is 201 Å². The largest absolute Gasteiger partial charge is 0.481 e. The van der Waals surface area contributed by atoms with Crippen LogP contribution in [-0.2, 0) is 11.0 Å². The van der Waals surface area contributed by atoms with Gasteiger partial charge in [0.05, 0.1) is 5.56 Å². The summed E-state index contributed by atoms with van der Waals surface area (Å²) in [6.07, 6.45) is 1.93. The molecule has 0 spiro atoms. The highest BCUT2D eigenvalue weighted by molar-refractivity contribution is 6.76. The zero-order chi connectivity index (χ0) is 24.6. The van der Waals surface area contributed by atoms with Crippen molar-refractivity contribution in [2.24, 2.45) is 5.92 Å². The van der Waals surface area contributed by atoms with Crippen LogP contribution in [0.25, 0.3) is 0 Å². The van der Waals surface area contributed by atoms with Crippen LogP contribution in [-0.4, -0.2) is 46.2 Å². The number of carboxylic acids is 1. The minimum absolute atomic E-state index is 0.0208. The van der Waals surface area contributed by atoms with Gasteiger partial charge in [0.15, 0.2) is 0 Å². The van der Waals surface area contributed by atoms with Gasteiger partial charge in [-0.2, -0.15) is 13.2 Å². The van der Waals surface area contributed by atoms with Crippen molar-refractivity contribution in [2.75, 3.05) is 6.54 Å². The van der Waals surface area contributed by atoms with Gasteiger partial charge in [0.25, 0.3) is 0 Å². The molecule has 1 aliphatic heterocycles. The number of nitrogens with zero attached hydrogens (tertiary/aromatic N) is 1. The smallest absolute Gasteiger partial charge is 0.416 e. The van der Waals surface area contributed by atoms with E-state index in [-0.39, 0.29) is 18.4 Å². The maximum Gasteiger partial charge on any atom is 0.416 e. The van der Waals surface area contributed by atoms with Gasteiger partial charge in [-0.1, -0.05) is 63.3 Å². The molecular weight excluding hydrogens is 459 g/mol. The van der Waals surface area contributed by atoms with E-state index in [4.69, 9.17) is 0 Å². The number of likely N-dealkylation sites (tertiary alicyclic amines) is 1. The Bertz CT molecular complexity index is 735. The first-order valence-electron chi connectivity index (χ1n) is 12.2. The molecule has 1 aromatic rings. The Hall–Kier alpha value is -1.13. The highest BCUT2D eigenvalue weighted by Gasteiger charge is 2.35. The van der Waals surface area contributed by atoms with Crippen LogP contribution >= 0.6 is 0 Å². The van der Waals surface area contributed by atoms with Gasteiger partial charge in [0.2, 0.25) is 0 Å². The van der Waals surface area contributed by atoms with Gasteiger partial charge in [-0.3, -0.25) is 9.69 Å². The quantitative estimate of drug-likeness (QED) is 0.241. The van der Waals surface area contributed by atoms with E-state index in [0.717, 1.165) is 46.9 Å². The molecule has 0 bridgehead atoms. The number of piperidine rings is 1. The van der Waals surface area contributed by atoms with Crippen LogP contribution in [0.4, 0.5) is 13.2 Å². The van der Waals surface area contributed by atoms with Gasteiger partial charge in [0.1, 0.15) is 0 Å². The van der Waals surface area contributed by atoms with Crippen LogP contribution in [0.3, 0.4) is 0 Å². The number of alkyl halides is 3. The lowest BCUT2D eigenvalue weighted by molar-refractivity contribution is -0.139. The van der Waals surface area contributed by atoms with Crippen molar-refractivity contribution < 1.29 is 23.1 Å². The van der Waals surface area contributed by atoms with Gasteiger partial charge < -0.3 is 5.11 Å². The van der Waals surface area contributed by atoms with Crippen LogP contribution in [0.2, 0.25) is 38.3 Å². The zero-order valence-electron chi connectivity index (χ0n) is 20.5. The number of rotatable bonds is 12. The number of hydrogen-bond donors (Lipinski definition) is 1. The molecule has 1 N–H and O–H groups in total. The lowest BCUT2D eigenvalue weighted by Gasteiger charge is -2.44. The van der Waals surface area contributed by atoms with E-state index in [1.165, 1.54) is 31.0 Å². The average Bonchev–Trinajstić information content (AvgIpc) is 2.72. The second-order valence-corrected chi connectivity index (χ2v) is 17.5. The lowest BCUT2D eigenvalue weighted by Crippen LogP contribution is -2.44. The first-order valence-corrected chi connectivity index (χ1v) is 17.6. The highest BCUT2D eigenvalue weighted by atomic mass is 28.3. The summed E-state index contributed by atoms with van der Waals surface area (Å²) in [5.41, 5.74) is 0.245. The number of carbonyl (C=O) groups is 1. The Morgan fingerprint density at radius 1 is 1.18 bits per heavy atom. The third kappa shape index (κ3) is 9.57. The molecule has 0 unspecified atom stereocenters. The Morgan fingerprint density at radius 2 is 1.85 bits per heavy atom. The van der Waals surface area contributed by atoms with E-state index >= 15 is 0 Å². The fraction of sp³-hybridized carbons (Fsp3) is 0.720. The number of halogens is 3. The van der Waals surface area contributed by atoms with Gasteiger partial charge in [-0.25, -0.2) is 0 Å². The van der Waals surface area contributed by atoms with Crippen LogP contribution in [0.5, 0.6) is 0 Å². The first-order chi connectivity index (χ1) is 15.4. The standard InChI is InChI=1S/C25H40F3NO2Si2/c1-32-15-13-22(7-5-6-16-33(2,3)4)29-14-12-19(18-24(30)31)17-23(29)20-8-10-21(11-9-20)25(26,27)28/h8-11,19,22-23H,5-7,12-18H2,1-4H3,(H,30,31)/t19-,22-,23+/m1/s1. The van der Waals surface area contributed by atoms with E-state index in [1.54, 1.807) is 12.1 Å². The van der Waals surface area contributed by atoms with Gasteiger partial charge >= 0.3 is 12.1 Å². The molecule has 1 saturated heterocycles. The summed E-state index contributed by atoms with van der Waals surface area (Å²) in [7, 11) is -0.185. The first kappa shape index (κ1) is 28.1. The van der Waals surface area contributed by atoms with E-state index in [9.17, 15) is 23.1 Å².